The molecule has 4 heterocycles. The molecule has 4 atom stereocenters. The Morgan fingerprint density at radius 2 is 1.68 bits per heavy atom. The number of benzene rings is 2. The Morgan fingerprint density at radius 1 is 0.900 bits per heavy atom. The van der Waals surface area contributed by atoms with Gasteiger partial charge in [-0.05, 0) is 104 Å². The lowest BCUT2D eigenvalue weighted by molar-refractivity contribution is 0.357. The van der Waals surface area contributed by atoms with Gasteiger partial charge in [0.1, 0.15) is 6.04 Å². The molecule has 1 N–H and O–H groups in total. The minimum Gasteiger partial charge on any atom is -0.370 e. The second kappa shape index (κ2) is 11.1. The predicted octanol–water partition coefficient (Wildman–Crippen LogP) is 8.15. The van der Waals surface area contributed by atoms with Crippen LogP contribution in [0.3, 0.4) is 0 Å². The maximum atomic E-state index is 7.01. The number of hydrogen-bond donors (Lipinski definition) is 1. The van der Waals surface area contributed by atoms with Crippen LogP contribution in [0.5, 0.6) is 0 Å². The molecular formula is C32H33Cl2N5S. The van der Waals surface area contributed by atoms with E-state index in [2.05, 4.69) is 76.1 Å². The molecule has 0 unspecified atom stereocenters. The summed E-state index contributed by atoms with van der Waals surface area (Å²) >= 11 is 19.4. The van der Waals surface area contributed by atoms with Crippen LogP contribution in [0, 0.1) is 18.8 Å². The molecule has 6 rings (SSSR count). The zero-order valence-corrected chi connectivity index (χ0v) is 25.2. The number of aryl methyl sites for hydroxylation is 1. The SMILES string of the molecule is Cc1cc(-n2cccc2[C@H]2[C@@H](c3ccccn3)NC(=S)N2c2ccc(N3C[C@H](C)C[C@H](C)C3)c(Cl)c2)ccc1Cl. The van der Waals surface area contributed by atoms with E-state index in [-0.39, 0.29) is 12.1 Å². The Bertz CT molecular complexity index is 1530. The second-order valence-electron chi connectivity index (χ2n) is 11.2. The summed E-state index contributed by atoms with van der Waals surface area (Å²) in [6.45, 7) is 8.70. The fourth-order valence-electron chi connectivity index (χ4n) is 6.34. The highest BCUT2D eigenvalue weighted by Gasteiger charge is 2.42. The molecule has 0 bridgehead atoms. The first kappa shape index (κ1) is 27.1. The van der Waals surface area contributed by atoms with Crippen molar-refractivity contribution >= 4 is 51.9 Å². The minimum absolute atomic E-state index is 0.155. The van der Waals surface area contributed by atoms with Gasteiger partial charge in [0.05, 0.1) is 22.4 Å². The summed E-state index contributed by atoms with van der Waals surface area (Å²) in [7, 11) is 0. The Hall–Kier alpha value is -3.06. The smallest absolute Gasteiger partial charge is 0.174 e. The molecule has 0 amide bonds. The van der Waals surface area contributed by atoms with Crippen molar-refractivity contribution in [3.8, 4) is 5.69 Å². The number of piperidine rings is 1. The summed E-state index contributed by atoms with van der Waals surface area (Å²) in [5, 5.41) is 5.71. The van der Waals surface area contributed by atoms with Crippen LogP contribution in [0.1, 0.15) is 49.3 Å². The van der Waals surface area contributed by atoms with E-state index in [1.807, 2.05) is 43.5 Å². The van der Waals surface area contributed by atoms with Crippen molar-refractivity contribution in [1.29, 1.82) is 0 Å². The molecule has 2 fully saturated rings. The van der Waals surface area contributed by atoms with Gasteiger partial charge in [-0.25, -0.2) is 0 Å². The molecule has 0 radical (unpaired) electrons. The van der Waals surface area contributed by atoms with E-state index in [0.717, 1.165) is 57.1 Å². The molecule has 2 aromatic carbocycles. The number of anilines is 2. The third-order valence-electron chi connectivity index (χ3n) is 8.02. The third-order valence-corrected chi connectivity index (χ3v) is 9.06. The van der Waals surface area contributed by atoms with Crippen LogP contribution in [0.15, 0.2) is 79.1 Å². The van der Waals surface area contributed by atoms with Crippen molar-refractivity contribution in [2.45, 2.75) is 39.3 Å². The molecule has 0 spiro atoms. The van der Waals surface area contributed by atoms with E-state index in [4.69, 9.17) is 40.4 Å². The van der Waals surface area contributed by atoms with Crippen LogP contribution in [0.4, 0.5) is 11.4 Å². The Labute approximate surface area is 251 Å². The lowest BCUT2D eigenvalue weighted by Gasteiger charge is -2.37. The number of halogens is 2. The first-order valence-electron chi connectivity index (χ1n) is 13.8. The van der Waals surface area contributed by atoms with Crippen LogP contribution in [-0.4, -0.2) is 27.8 Å². The van der Waals surface area contributed by atoms with Gasteiger partial charge in [0.15, 0.2) is 5.11 Å². The molecule has 2 aliphatic heterocycles. The van der Waals surface area contributed by atoms with Gasteiger partial charge in [-0.2, -0.15) is 0 Å². The number of nitrogens with one attached hydrogen (secondary N) is 1. The van der Waals surface area contributed by atoms with E-state index in [0.29, 0.717) is 16.9 Å². The van der Waals surface area contributed by atoms with Crippen LogP contribution < -0.4 is 15.1 Å². The Balaban J connectivity index is 1.43. The van der Waals surface area contributed by atoms with Gasteiger partial charge in [0.25, 0.3) is 0 Å². The molecule has 4 aromatic rings. The Morgan fingerprint density at radius 3 is 2.38 bits per heavy atom. The van der Waals surface area contributed by atoms with Gasteiger partial charge in [-0.15, -0.1) is 0 Å². The number of aromatic nitrogens is 2. The lowest BCUT2D eigenvalue weighted by atomic mass is 9.91. The number of nitrogens with zero attached hydrogens (tertiary/aromatic N) is 4. The Kier molecular flexibility index (Phi) is 7.51. The molecule has 40 heavy (non-hydrogen) atoms. The van der Waals surface area contributed by atoms with Gasteiger partial charge in [0.2, 0.25) is 0 Å². The van der Waals surface area contributed by atoms with E-state index >= 15 is 0 Å². The van der Waals surface area contributed by atoms with E-state index in [9.17, 15) is 0 Å². The quantitative estimate of drug-likeness (QED) is 0.238. The molecule has 5 nitrogen and oxygen atoms in total. The van der Waals surface area contributed by atoms with Crippen molar-refractivity contribution in [2.75, 3.05) is 22.9 Å². The van der Waals surface area contributed by atoms with E-state index in [1.165, 1.54) is 6.42 Å². The molecule has 0 saturated carbocycles. The van der Waals surface area contributed by atoms with Crippen molar-refractivity contribution in [2.24, 2.45) is 11.8 Å². The number of thiocarbonyl (C=S) groups is 1. The van der Waals surface area contributed by atoms with Gasteiger partial charge in [0, 0.05) is 47.6 Å². The van der Waals surface area contributed by atoms with Gasteiger partial charge < -0.3 is 19.7 Å². The normalized spacial score (nSPS) is 23.0. The van der Waals surface area contributed by atoms with Crippen LogP contribution >= 0.6 is 35.4 Å². The standard InChI is InChI=1S/C32H33Cl2N5S/c1-20-15-21(2)19-37(18-20)28-12-10-24(17-26(28)34)39-31(30(36-32(39)40)27-7-4-5-13-35-27)29-8-6-14-38(29)23-9-11-25(33)22(3)16-23/h4-14,16-17,20-21,30-31H,15,18-19H2,1-3H3,(H,36,40)/t20-,21+,30-,31+/m1/s1. The van der Waals surface area contributed by atoms with Crippen LogP contribution in [0.2, 0.25) is 10.0 Å². The fraction of sp³-hybridized carbons (Fsp3) is 0.312. The molecule has 2 aromatic heterocycles. The van der Waals surface area contributed by atoms with Gasteiger partial charge >= 0.3 is 0 Å². The van der Waals surface area contributed by atoms with Crippen molar-refractivity contribution in [3.05, 3.63) is 106 Å². The van der Waals surface area contributed by atoms with Crippen molar-refractivity contribution < 1.29 is 0 Å². The summed E-state index contributed by atoms with van der Waals surface area (Å²) in [6.07, 6.45) is 5.17. The highest BCUT2D eigenvalue weighted by molar-refractivity contribution is 7.80. The molecule has 2 saturated heterocycles. The summed E-state index contributed by atoms with van der Waals surface area (Å²) in [6, 6.07) is 22.4. The summed E-state index contributed by atoms with van der Waals surface area (Å²) < 4.78 is 2.21. The highest BCUT2D eigenvalue weighted by atomic mass is 35.5. The average Bonchev–Trinajstić information content (AvgIpc) is 3.54. The second-order valence-corrected chi connectivity index (χ2v) is 12.4. The number of pyridine rings is 1. The zero-order chi connectivity index (χ0) is 28.0. The monoisotopic (exact) mass is 589 g/mol. The molecule has 8 heteroatoms. The maximum Gasteiger partial charge on any atom is 0.174 e. The zero-order valence-electron chi connectivity index (χ0n) is 22.9. The molecule has 0 aliphatic carbocycles. The molecule has 2 aliphatic rings. The molecule has 206 valence electrons. The van der Waals surface area contributed by atoms with Gasteiger partial charge in [-0.3, -0.25) is 4.98 Å². The van der Waals surface area contributed by atoms with Crippen molar-refractivity contribution in [3.63, 3.8) is 0 Å². The number of hydrogen-bond acceptors (Lipinski definition) is 3. The molecular weight excluding hydrogens is 557 g/mol. The number of rotatable bonds is 5. The summed E-state index contributed by atoms with van der Waals surface area (Å²) in [4.78, 5) is 9.32. The summed E-state index contributed by atoms with van der Waals surface area (Å²) in [5.74, 6) is 1.28. The highest BCUT2D eigenvalue weighted by Crippen LogP contribution is 2.44. The van der Waals surface area contributed by atoms with Gasteiger partial charge in [-0.1, -0.05) is 43.1 Å². The lowest BCUT2D eigenvalue weighted by Crippen LogP contribution is -2.38. The summed E-state index contributed by atoms with van der Waals surface area (Å²) in [5.41, 5.74) is 6.12. The average molecular weight is 591 g/mol. The third kappa shape index (κ3) is 5.09. The predicted molar refractivity (Wildman–Crippen MR) is 170 cm³/mol. The minimum atomic E-state index is -0.162. The first-order chi connectivity index (χ1) is 19.3. The van der Waals surface area contributed by atoms with Crippen LogP contribution in [-0.2, 0) is 0 Å². The van der Waals surface area contributed by atoms with Crippen LogP contribution in [0.25, 0.3) is 5.69 Å². The fourth-order valence-corrected chi connectivity index (χ4v) is 7.10. The topological polar surface area (TPSA) is 36.3 Å². The van der Waals surface area contributed by atoms with E-state index < -0.39 is 0 Å². The van der Waals surface area contributed by atoms with Crippen molar-refractivity contribution in [1.82, 2.24) is 14.9 Å². The van der Waals surface area contributed by atoms with E-state index in [1.54, 1.807) is 0 Å². The largest absolute Gasteiger partial charge is 0.370 e. The first-order valence-corrected chi connectivity index (χ1v) is 15.0. The maximum absolute atomic E-state index is 7.01.